The molecule has 3 heterocycles. The Morgan fingerprint density at radius 1 is 1.16 bits per heavy atom. The molecule has 1 amide bonds. The van der Waals surface area contributed by atoms with Gasteiger partial charge in [0, 0.05) is 10.9 Å². The van der Waals surface area contributed by atoms with E-state index in [0.29, 0.717) is 27.6 Å². The van der Waals surface area contributed by atoms with Gasteiger partial charge in [-0.2, -0.15) is 0 Å². The molecule has 2 aromatic carbocycles. The zero-order valence-corrected chi connectivity index (χ0v) is 19.6. The van der Waals surface area contributed by atoms with E-state index in [9.17, 15) is 14.7 Å². The Kier molecular flexibility index (Phi) is 5.10. The summed E-state index contributed by atoms with van der Waals surface area (Å²) in [5, 5.41) is 19.9. The maximum atomic E-state index is 13.6. The molecule has 32 heavy (non-hydrogen) atoms. The summed E-state index contributed by atoms with van der Waals surface area (Å²) in [7, 11) is 0. The number of aromatic hydroxyl groups is 1. The van der Waals surface area contributed by atoms with Crippen LogP contribution in [0.3, 0.4) is 0 Å². The molecule has 0 spiro atoms. The predicted octanol–water partition coefficient (Wildman–Crippen LogP) is 5.06. The van der Waals surface area contributed by atoms with Crippen molar-refractivity contribution in [3.05, 3.63) is 79.1 Å². The van der Waals surface area contributed by atoms with Crippen LogP contribution in [0.25, 0.3) is 11.0 Å². The van der Waals surface area contributed by atoms with Crippen LogP contribution in [0, 0.1) is 5.92 Å². The van der Waals surface area contributed by atoms with Crippen LogP contribution in [0.15, 0.2) is 56.1 Å². The van der Waals surface area contributed by atoms with Crippen LogP contribution in [-0.2, 0) is 6.42 Å². The highest BCUT2D eigenvalue weighted by Gasteiger charge is 2.45. The number of halogens is 1. The first-order valence-electron chi connectivity index (χ1n) is 10.0. The standard InChI is InChI=1S/C23H18BrN3O4S/c1-11(2)9-17-25-26-23(32-17)27-19(12-3-6-14(28)7-4-12)18-20(29)15-10-13(24)5-8-16(15)31-21(18)22(27)30/h3-8,10-11,19,28H,9H2,1-2H3. The number of hydrogen-bond donors (Lipinski definition) is 1. The van der Waals surface area contributed by atoms with Crippen molar-refractivity contribution >= 4 is 49.3 Å². The number of rotatable bonds is 4. The maximum absolute atomic E-state index is 13.6. The number of hydrogen-bond acceptors (Lipinski definition) is 7. The quantitative estimate of drug-likeness (QED) is 0.411. The highest BCUT2D eigenvalue weighted by molar-refractivity contribution is 9.10. The fourth-order valence-electron chi connectivity index (χ4n) is 3.89. The summed E-state index contributed by atoms with van der Waals surface area (Å²) in [6, 6.07) is 10.8. The molecular weight excluding hydrogens is 494 g/mol. The summed E-state index contributed by atoms with van der Waals surface area (Å²) in [5.74, 6) is 0.0485. The molecule has 7 nitrogen and oxygen atoms in total. The molecule has 5 rings (SSSR count). The van der Waals surface area contributed by atoms with Crippen LogP contribution in [-0.4, -0.2) is 21.2 Å². The monoisotopic (exact) mass is 511 g/mol. The van der Waals surface area contributed by atoms with Gasteiger partial charge in [0.25, 0.3) is 5.91 Å². The van der Waals surface area contributed by atoms with Gasteiger partial charge in [-0.05, 0) is 41.8 Å². The lowest BCUT2D eigenvalue weighted by molar-refractivity contribution is 0.0970. The molecule has 1 N–H and O–H groups in total. The van der Waals surface area contributed by atoms with E-state index in [2.05, 4.69) is 40.0 Å². The molecular formula is C23H18BrN3O4S. The van der Waals surface area contributed by atoms with Gasteiger partial charge in [-0.1, -0.05) is 53.2 Å². The van der Waals surface area contributed by atoms with Gasteiger partial charge >= 0.3 is 0 Å². The summed E-state index contributed by atoms with van der Waals surface area (Å²) >= 11 is 4.72. The number of fused-ring (bicyclic) bond motifs is 2. The lowest BCUT2D eigenvalue weighted by Gasteiger charge is -2.22. The van der Waals surface area contributed by atoms with Gasteiger partial charge in [0.2, 0.25) is 10.9 Å². The van der Waals surface area contributed by atoms with Crippen molar-refractivity contribution in [2.24, 2.45) is 5.92 Å². The third-order valence-electron chi connectivity index (χ3n) is 5.29. The summed E-state index contributed by atoms with van der Waals surface area (Å²) in [6.45, 7) is 4.17. The average molecular weight is 512 g/mol. The van der Waals surface area contributed by atoms with Crippen LogP contribution in [0.4, 0.5) is 5.13 Å². The number of carbonyl (C=O) groups is 1. The predicted molar refractivity (Wildman–Crippen MR) is 125 cm³/mol. The number of benzene rings is 2. The second-order valence-corrected chi connectivity index (χ2v) is 10.0. The Morgan fingerprint density at radius 2 is 1.91 bits per heavy atom. The van der Waals surface area contributed by atoms with Gasteiger partial charge in [0.15, 0.2) is 5.43 Å². The molecule has 2 aromatic heterocycles. The second kappa shape index (κ2) is 7.83. The summed E-state index contributed by atoms with van der Waals surface area (Å²) in [4.78, 5) is 28.5. The molecule has 1 atom stereocenters. The van der Waals surface area contributed by atoms with Crippen molar-refractivity contribution in [3.8, 4) is 5.75 Å². The molecule has 1 aliphatic rings. The van der Waals surface area contributed by atoms with Gasteiger partial charge in [-0.25, -0.2) is 0 Å². The fourth-order valence-corrected chi connectivity index (χ4v) is 5.33. The number of phenols is 1. The van der Waals surface area contributed by atoms with Crippen molar-refractivity contribution < 1.29 is 14.3 Å². The van der Waals surface area contributed by atoms with Crippen LogP contribution < -0.4 is 10.3 Å². The molecule has 0 saturated carbocycles. The lowest BCUT2D eigenvalue weighted by atomic mass is 9.98. The summed E-state index contributed by atoms with van der Waals surface area (Å²) in [6.07, 6.45) is 0.742. The Bertz CT molecular complexity index is 1410. The molecule has 9 heteroatoms. The molecule has 0 fully saturated rings. The highest BCUT2D eigenvalue weighted by atomic mass is 79.9. The number of carbonyl (C=O) groups excluding carboxylic acids is 1. The summed E-state index contributed by atoms with van der Waals surface area (Å²) in [5.41, 5.74) is 0.988. The van der Waals surface area contributed by atoms with Crippen LogP contribution in [0.2, 0.25) is 0 Å². The van der Waals surface area contributed by atoms with Gasteiger partial charge in [0.05, 0.1) is 17.0 Å². The van der Waals surface area contributed by atoms with E-state index in [-0.39, 0.29) is 22.5 Å². The molecule has 162 valence electrons. The van der Waals surface area contributed by atoms with E-state index in [1.807, 2.05) is 0 Å². The van der Waals surface area contributed by atoms with E-state index < -0.39 is 11.9 Å². The topological polar surface area (TPSA) is 96.5 Å². The van der Waals surface area contributed by atoms with Gasteiger partial charge < -0.3 is 9.52 Å². The molecule has 0 bridgehead atoms. The number of aromatic nitrogens is 2. The van der Waals surface area contributed by atoms with Crippen molar-refractivity contribution in [3.63, 3.8) is 0 Å². The molecule has 4 aromatic rings. The minimum absolute atomic E-state index is 0.00325. The first-order chi connectivity index (χ1) is 15.3. The molecule has 0 aliphatic carbocycles. The van der Waals surface area contributed by atoms with Crippen LogP contribution in [0.5, 0.6) is 5.75 Å². The smallest absolute Gasteiger partial charge is 0.297 e. The Balaban J connectivity index is 1.74. The number of phenolic OH excluding ortho intramolecular Hbond substituents is 1. The maximum Gasteiger partial charge on any atom is 0.297 e. The largest absolute Gasteiger partial charge is 0.508 e. The number of anilines is 1. The summed E-state index contributed by atoms with van der Waals surface area (Å²) < 4.78 is 6.68. The molecule has 1 unspecified atom stereocenters. The highest BCUT2D eigenvalue weighted by Crippen LogP contribution is 2.42. The minimum Gasteiger partial charge on any atom is -0.508 e. The Labute approximate surface area is 195 Å². The second-order valence-electron chi connectivity index (χ2n) is 8.06. The number of nitrogens with zero attached hydrogens (tertiary/aromatic N) is 3. The van der Waals surface area contributed by atoms with Crippen molar-refractivity contribution in [1.29, 1.82) is 0 Å². The van der Waals surface area contributed by atoms with Crippen molar-refractivity contribution in [2.75, 3.05) is 4.90 Å². The average Bonchev–Trinajstić information content (AvgIpc) is 3.31. The lowest BCUT2D eigenvalue weighted by Crippen LogP contribution is -2.29. The van der Waals surface area contributed by atoms with E-state index in [1.54, 1.807) is 30.3 Å². The molecule has 1 aliphatic heterocycles. The zero-order chi connectivity index (χ0) is 22.6. The van der Waals surface area contributed by atoms with E-state index in [4.69, 9.17) is 4.42 Å². The first-order valence-corrected chi connectivity index (χ1v) is 11.7. The SMILES string of the molecule is CC(C)Cc1nnc(N2C(=O)c3oc4ccc(Br)cc4c(=O)c3C2c2ccc(O)cc2)s1. The first kappa shape index (κ1) is 20.8. The van der Waals surface area contributed by atoms with Crippen LogP contribution in [0.1, 0.15) is 46.6 Å². The van der Waals surface area contributed by atoms with Gasteiger partial charge in [0.1, 0.15) is 16.3 Å². The van der Waals surface area contributed by atoms with Crippen LogP contribution >= 0.6 is 27.3 Å². The Morgan fingerprint density at radius 3 is 2.62 bits per heavy atom. The number of amides is 1. The van der Waals surface area contributed by atoms with E-state index in [0.717, 1.165) is 15.9 Å². The van der Waals surface area contributed by atoms with Crippen molar-refractivity contribution in [2.45, 2.75) is 26.3 Å². The van der Waals surface area contributed by atoms with Gasteiger partial charge in [-0.3, -0.25) is 14.5 Å². The zero-order valence-electron chi connectivity index (χ0n) is 17.2. The van der Waals surface area contributed by atoms with E-state index in [1.165, 1.54) is 28.4 Å². The van der Waals surface area contributed by atoms with Gasteiger partial charge in [-0.15, -0.1) is 10.2 Å². The van der Waals surface area contributed by atoms with Crippen molar-refractivity contribution in [1.82, 2.24) is 10.2 Å². The molecule has 0 radical (unpaired) electrons. The fraction of sp³-hybridized carbons (Fsp3) is 0.217. The third-order valence-corrected chi connectivity index (χ3v) is 6.72. The Hall–Kier alpha value is -3.04. The minimum atomic E-state index is -0.738. The normalized spacial score (nSPS) is 15.7. The van der Waals surface area contributed by atoms with E-state index >= 15 is 0 Å². The third kappa shape index (κ3) is 3.41. The molecule has 0 saturated heterocycles.